The van der Waals surface area contributed by atoms with Crippen LogP contribution in [0.25, 0.3) is 0 Å². The second kappa shape index (κ2) is 41.2. The maximum atomic E-state index is 6.58. The van der Waals surface area contributed by atoms with Crippen LogP contribution < -0.4 is 91.7 Å². The van der Waals surface area contributed by atoms with Crippen molar-refractivity contribution in [3.8, 4) is 0 Å². The lowest BCUT2D eigenvalue weighted by Crippen LogP contribution is -2.16. The third-order valence-electron chi connectivity index (χ3n) is 18.5. The van der Waals surface area contributed by atoms with Crippen molar-refractivity contribution in [2.75, 3.05) is 91.7 Å². The SMILES string of the molecule is CC(C)c1c(N)c(C(C)C)c(C(C)C)c(N)c1C(C)C.CC(C)c1cc(N)cc(C(C)C)c1N.CCc1c(N)c(CC)c(CC)c(N)c1CC.CCc1cc(N)cc(CC)c1N.Cc1c(C)c(N)c(C)c(C)c1N.Cc1c(N)cccc1N.Cc1ccc(N)cc1N.Nc1cccc(N)c1. The zero-order chi connectivity index (χ0) is 77.2. The van der Waals surface area contributed by atoms with Crippen LogP contribution in [0.2, 0.25) is 0 Å². The molecule has 0 aliphatic carbocycles. The van der Waals surface area contributed by atoms with Crippen LogP contribution in [0.5, 0.6) is 0 Å². The van der Waals surface area contributed by atoms with Gasteiger partial charge >= 0.3 is 0 Å². The number of nitrogen functional groups attached to an aromatic ring is 16. The van der Waals surface area contributed by atoms with Gasteiger partial charge in [-0.05, 0) is 282 Å². The van der Waals surface area contributed by atoms with Crippen LogP contribution in [0.15, 0.2) is 84.9 Å². The van der Waals surface area contributed by atoms with Gasteiger partial charge in [-0.25, -0.2) is 0 Å². The molecule has 32 N–H and O–H groups in total. The molecule has 16 heteroatoms. The highest BCUT2D eigenvalue weighted by Gasteiger charge is 2.27. The Morgan fingerprint density at radius 2 is 0.530 bits per heavy atom. The number of nitrogens with two attached hydrogens (primary N) is 16. The lowest BCUT2D eigenvalue weighted by molar-refractivity contribution is 0.757. The van der Waals surface area contributed by atoms with Gasteiger partial charge in [0.2, 0.25) is 0 Å². The van der Waals surface area contributed by atoms with E-state index in [9.17, 15) is 0 Å². The van der Waals surface area contributed by atoms with Gasteiger partial charge < -0.3 is 91.7 Å². The van der Waals surface area contributed by atoms with Gasteiger partial charge in [0.15, 0.2) is 0 Å². The third-order valence-corrected chi connectivity index (χ3v) is 18.5. The Bertz CT molecular complexity index is 3560. The molecule has 0 aromatic heterocycles. The van der Waals surface area contributed by atoms with Gasteiger partial charge in [-0.1, -0.05) is 143 Å². The summed E-state index contributed by atoms with van der Waals surface area (Å²) in [5.41, 5.74) is 129. The Morgan fingerprint density at radius 3 is 0.760 bits per heavy atom. The van der Waals surface area contributed by atoms with Crippen LogP contribution >= 0.6 is 0 Å². The van der Waals surface area contributed by atoms with Gasteiger partial charge in [0, 0.05) is 91.0 Å². The molecule has 16 nitrogen and oxygen atoms in total. The molecular weight excluding hydrogens is 1230 g/mol. The van der Waals surface area contributed by atoms with Crippen molar-refractivity contribution in [1.29, 1.82) is 0 Å². The van der Waals surface area contributed by atoms with E-state index in [1.807, 2.05) is 102 Å². The Hall–Kier alpha value is -9.44. The standard InChI is InChI=1S/C18H32N2.C14H24N2.C12H20N2.2C10H16N2.2C7H10N2.C6H8N2/c1-9(2)13-14(10(3)4)18(20)16(12(7)8)15(11(5)6)17(13)19;1-5-9-10(6-2)14(16)12(8-4)11(7-3)13(9)15;1-7(2)10-5-9(13)6-11(8(3)4)12(10)14;1-5-6(2)10(12)8(4)7(3)9(5)11;1-3-7-5-9(11)6-8(4-2)10(7)12;1-5-2-3-6(8)4-7(5)9;1-5-6(8)3-2-4-7(5)9;7-5-2-1-3-6(8)4-5/h9-12H,19-20H2,1-8H3;5-8,15-16H2,1-4H3;5-8H,13-14H2,1-4H3;11-12H2,1-4H3;5-6H,3-4,11-12H2,1-2H3;2*2-4H,8-9H2,1H3;1-4H,7-8H2. The fourth-order valence-corrected chi connectivity index (χ4v) is 12.3. The lowest BCUT2D eigenvalue weighted by atomic mass is 9.78. The average molecular weight is 1370 g/mol. The van der Waals surface area contributed by atoms with Gasteiger partial charge in [0.25, 0.3) is 0 Å². The topological polar surface area (TPSA) is 416 Å². The summed E-state index contributed by atoms with van der Waals surface area (Å²) < 4.78 is 0. The van der Waals surface area contributed by atoms with E-state index in [1.54, 1.807) is 24.3 Å². The number of anilines is 16. The molecule has 0 bridgehead atoms. The summed E-state index contributed by atoms with van der Waals surface area (Å²) in [4.78, 5) is 0. The van der Waals surface area contributed by atoms with E-state index >= 15 is 0 Å². The van der Waals surface area contributed by atoms with Crippen LogP contribution in [-0.4, -0.2) is 0 Å². The van der Waals surface area contributed by atoms with Crippen LogP contribution in [0.3, 0.4) is 0 Å². The molecule has 100 heavy (non-hydrogen) atoms. The number of aryl methyl sites for hydroxylation is 3. The Kier molecular flexibility index (Phi) is 36.5. The number of rotatable bonds is 12. The van der Waals surface area contributed by atoms with Gasteiger partial charge in [0.1, 0.15) is 0 Å². The van der Waals surface area contributed by atoms with Crippen molar-refractivity contribution in [2.24, 2.45) is 0 Å². The molecule has 0 saturated carbocycles. The molecule has 0 aliphatic heterocycles. The largest absolute Gasteiger partial charge is 0.399 e. The average Bonchev–Trinajstić information content (AvgIpc) is 0.783. The Balaban J connectivity index is 0.000000580. The summed E-state index contributed by atoms with van der Waals surface area (Å²) >= 11 is 0. The minimum absolute atomic E-state index is 0.397. The molecule has 0 unspecified atom stereocenters. The van der Waals surface area contributed by atoms with E-state index in [0.29, 0.717) is 46.9 Å². The van der Waals surface area contributed by atoms with E-state index in [0.717, 1.165) is 174 Å². The molecule has 0 heterocycles. The van der Waals surface area contributed by atoms with Crippen molar-refractivity contribution in [1.82, 2.24) is 0 Å². The van der Waals surface area contributed by atoms with Gasteiger partial charge in [0.05, 0.1) is 0 Å². The molecule has 0 fully saturated rings. The minimum atomic E-state index is 0.397. The highest BCUT2D eigenvalue weighted by atomic mass is 14.7. The fourth-order valence-electron chi connectivity index (χ4n) is 12.3. The highest BCUT2D eigenvalue weighted by Crippen LogP contribution is 2.46. The Morgan fingerprint density at radius 1 is 0.240 bits per heavy atom. The van der Waals surface area contributed by atoms with Crippen LogP contribution in [-0.2, 0) is 38.5 Å². The normalized spacial score (nSPS) is 10.6. The first-order valence-electron chi connectivity index (χ1n) is 35.8. The molecule has 0 amide bonds. The maximum absolute atomic E-state index is 6.58. The second-order valence-corrected chi connectivity index (χ2v) is 27.8. The molecule has 0 radical (unpaired) electrons. The quantitative estimate of drug-likeness (QED) is 0.0505. The van der Waals surface area contributed by atoms with E-state index in [4.69, 9.17) is 91.7 Å². The van der Waals surface area contributed by atoms with Crippen molar-refractivity contribution < 1.29 is 0 Å². The summed E-state index contributed by atoms with van der Waals surface area (Å²) in [6.45, 7) is 50.8. The number of hydrogen-bond acceptors (Lipinski definition) is 16. The monoisotopic (exact) mass is 1370 g/mol. The first-order valence-corrected chi connectivity index (χ1v) is 35.8. The van der Waals surface area contributed by atoms with Gasteiger partial charge in [-0.2, -0.15) is 0 Å². The summed E-state index contributed by atoms with van der Waals surface area (Å²) in [7, 11) is 0. The molecule has 8 rings (SSSR count). The van der Waals surface area contributed by atoms with Crippen molar-refractivity contribution in [3.63, 3.8) is 0 Å². The number of hydrogen-bond donors (Lipinski definition) is 16. The zero-order valence-electron chi connectivity index (χ0n) is 66.0. The smallest absolute Gasteiger partial charge is 0.0391 e. The van der Waals surface area contributed by atoms with Crippen molar-refractivity contribution >= 4 is 91.0 Å². The van der Waals surface area contributed by atoms with Crippen molar-refractivity contribution in [3.05, 3.63) is 185 Å². The first kappa shape index (κ1) is 88.6. The number of benzene rings is 8. The molecule has 0 spiro atoms. The molecule has 0 aliphatic rings. The molecule has 0 atom stereocenters. The van der Waals surface area contributed by atoms with E-state index in [2.05, 4.69) is 125 Å². The Labute approximate surface area is 604 Å². The summed E-state index contributed by atoms with van der Waals surface area (Å²) in [6.07, 6.45) is 5.77. The molecular formula is C84H136N16. The van der Waals surface area contributed by atoms with Gasteiger partial charge in [-0.15, -0.1) is 0 Å². The van der Waals surface area contributed by atoms with Crippen LogP contribution in [0.1, 0.15) is 260 Å². The van der Waals surface area contributed by atoms with E-state index in [-0.39, 0.29) is 0 Å². The fraction of sp³-hybridized carbons (Fsp3) is 0.429. The first-order chi connectivity index (χ1) is 46.5. The predicted molar refractivity (Wildman–Crippen MR) is 451 cm³/mol. The van der Waals surface area contributed by atoms with Crippen LogP contribution in [0.4, 0.5) is 91.0 Å². The second-order valence-electron chi connectivity index (χ2n) is 27.8. The molecule has 0 saturated heterocycles. The minimum Gasteiger partial charge on any atom is -0.399 e. The maximum Gasteiger partial charge on any atom is 0.0391 e. The molecule has 552 valence electrons. The van der Waals surface area contributed by atoms with E-state index < -0.39 is 0 Å². The molecule has 8 aromatic rings. The predicted octanol–water partition coefficient (Wildman–Crippen LogP) is 18.8. The van der Waals surface area contributed by atoms with Crippen LogP contribution in [0, 0.1) is 41.5 Å². The summed E-state index contributed by atoms with van der Waals surface area (Å²) in [6, 6.07) is 26.0. The summed E-state index contributed by atoms with van der Waals surface area (Å²) in [5.74, 6) is 2.44. The zero-order valence-corrected chi connectivity index (χ0v) is 66.0. The van der Waals surface area contributed by atoms with E-state index in [1.165, 1.54) is 44.5 Å². The van der Waals surface area contributed by atoms with Gasteiger partial charge in [-0.3, -0.25) is 0 Å². The molecule has 8 aromatic carbocycles. The van der Waals surface area contributed by atoms with Crippen molar-refractivity contribution in [2.45, 2.75) is 240 Å². The lowest BCUT2D eigenvalue weighted by Gasteiger charge is -2.29. The highest BCUT2D eigenvalue weighted by molar-refractivity contribution is 5.76. The summed E-state index contributed by atoms with van der Waals surface area (Å²) in [5, 5.41) is 0. The third kappa shape index (κ3) is 24.2.